The molecule has 1 heterocycles. The van der Waals surface area contributed by atoms with E-state index in [1.165, 1.54) is 17.3 Å². The van der Waals surface area contributed by atoms with Crippen LogP contribution in [0.4, 0.5) is 0 Å². The molecule has 0 aliphatic carbocycles. The van der Waals surface area contributed by atoms with Gasteiger partial charge in [-0.05, 0) is 17.5 Å². The van der Waals surface area contributed by atoms with Gasteiger partial charge in [0.2, 0.25) is 5.91 Å². The van der Waals surface area contributed by atoms with Crippen molar-refractivity contribution in [2.24, 2.45) is 0 Å². The third kappa shape index (κ3) is 4.86. The number of rotatable bonds is 9. The molecule has 0 saturated carbocycles. The van der Waals surface area contributed by atoms with Crippen LogP contribution in [0.5, 0.6) is 0 Å². The van der Waals surface area contributed by atoms with Gasteiger partial charge >= 0.3 is 0 Å². The summed E-state index contributed by atoms with van der Waals surface area (Å²) in [7, 11) is 0. The first-order valence-electron chi connectivity index (χ1n) is 8.33. The molecule has 0 N–H and O–H groups in total. The van der Waals surface area contributed by atoms with Crippen molar-refractivity contribution < 1.29 is 4.79 Å². The van der Waals surface area contributed by atoms with Gasteiger partial charge in [-0.3, -0.25) is 9.36 Å². The van der Waals surface area contributed by atoms with Crippen molar-refractivity contribution in [3.8, 4) is 5.69 Å². The van der Waals surface area contributed by atoms with Gasteiger partial charge in [0.05, 0.1) is 11.4 Å². The maximum Gasteiger partial charge on any atom is 0.233 e. The van der Waals surface area contributed by atoms with Gasteiger partial charge in [0.1, 0.15) is 0 Å². The van der Waals surface area contributed by atoms with Crippen LogP contribution >= 0.6 is 11.8 Å². The molecule has 4 nitrogen and oxygen atoms in total. The number of carbonyl (C=O) groups excluding carboxylic acids is 1. The number of hydrogen-bond donors (Lipinski definition) is 0. The Kier molecular flexibility index (Phi) is 7.07. The van der Waals surface area contributed by atoms with Gasteiger partial charge in [-0.2, -0.15) is 0 Å². The van der Waals surface area contributed by atoms with Crippen LogP contribution in [0.15, 0.2) is 67.1 Å². The van der Waals surface area contributed by atoms with Gasteiger partial charge in [0.25, 0.3) is 0 Å². The molecule has 0 aliphatic rings. The highest BCUT2D eigenvalue weighted by molar-refractivity contribution is 7.99. The molecule has 0 bridgehead atoms. The lowest BCUT2D eigenvalue weighted by Gasteiger charge is -2.19. The highest BCUT2D eigenvalue weighted by atomic mass is 32.2. The number of aromatic nitrogens is 2. The van der Waals surface area contributed by atoms with E-state index in [0.717, 1.165) is 10.8 Å². The fourth-order valence-electron chi connectivity index (χ4n) is 2.58. The first-order valence-corrected chi connectivity index (χ1v) is 9.32. The molecule has 0 saturated heterocycles. The Labute approximate surface area is 154 Å². The number of amides is 1. The zero-order chi connectivity index (χ0) is 18.2. The number of para-hydroxylation sites is 1. The molecule has 0 fully saturated rings. The lowest BCUT2D eigenvalue weighted by molar-refractivity contribution is -0.127. The molecule has 2 rings (SSSR count). The molecule has 2 aromatic rings. The molecular weight excluding hydrogens is 330 g/mol. The summed E-state index contributed by atoms with van der Waals surface area (Å²) in [4.78, 5) is 18.6. The number of nitrogens with zero attached hydrogens (tertiary/aromatic N) is 3. The largest absolute Gasteiger partial charge is 0.335 e. The second kappa shape index (κ2) is 9.28. The van der Waals surface area contributed by atoms with Crippen LogP contribution < -0.4 is 0 Å². The third-order valence-electron chi connectivity index (χ3n) is 3.80. The molecule has 0 radical (unpaired) electrons. The topological polar surface area (TPSA) is 38.1 Å². The molecule has 5 heteroatoms. The molecular formula is C20H25N3OS. The zero-order valence-corrected chi connectivity index (χ0v) is 15.7. The van der Waals surface area contributed by atoms with Gasteiger partial charge in [0, 0.05) is 25.5 Å². The van der Waals surface area contributed by atoms with Crippen LogP contribution in [-0.4, -0.2) is 39.2 Å². The van der Waals surface area contributed by atoms with Crippen molar-refractivity contribution in [2.45, 2.75) is 24.9 Å². The zero-order valence-electron chi connectivity index (χ0n) is 14.9. The fourth-order valence-corrected chi connectivity index (χ4v) is 3.45. The predicted molar refractivity (Wildman–Crippen MR) is 105 cm³/mol. The van der Waals surface area contributed by atoms with E-state index < -0.39 is 0 Å². The summed E-state index contributed by atoms with van der Waals surface area (Å²) in [5.41, 5.74) is 2.37. The van der Waals surface area contributed by atoms with Gasteiger partial charge in [-0.25, -0.2) is 4.98 Å². The Hall–Kier alpha value is -2.27. The maximum absolute atomic E-state index is 12.4. The Morgan fingerprint density at radius 2 is 1.96 bits per heavy atom. The van der Waals surface area contributed by atoms with Crippen LogP contribution in [0.3, 0.4) is 0 Å². The van der Waals surface area contributed by atoms with E-state index in [4.69, 9.17) is 0 Å². The van der Waals surface area contributed by atoms with Crippen LogP contribution in [0.1, 0.15) is 25.3 Å². The van der Waals surface area contributed by atoms with Crippen molar-refractivity contribution in [1.29, 1.82) is 0 Å². The van der Waals surface area contributed by atoms with Crippen molar-refractivity contribution in [1.82, 2.24) is 14.5 Å². The summed E-state index contributed by atoms with van der Waals surface area (Å²) in [6, 6.07) is 8.30. The molecule has 0 spiro atoms. The highest BCUT2D eigenvalue weighted by Gasteiger charge is 2.15. The van der Waals surface area contributed by atoms with E-state index in [0.29, 0.717) is 24.8 Å². The Morgan fingerprint density at radius 1 is 1.28 bits per heavy atom. The summed E-state index contributed by atoms with van der Waals surface area (Å²) in [6.45, 7) is 12.8. The first kappa shape index (κ1) is 19.1. The molecule has 0 atom stereocenters. The van der Waals surface area contributed by atoms with Gasteiger partial charge in [0.15, 0.2) is 5.16 Å². The van der Waals surface area contributed by atoms with E-state index in [2.05, 4.69) is 54.8 Å². The normalized spacial score (nSPS) is 10.7. The number of thioether (sulfide) groups is 1. The molecule has 1 aromatic heterocycles. The lowest BCUT2D eigenvalue weighted by Crippen LogP contribution is -2.32. The van der Waals surface area contributed by atoms with E-state index in [1.807, 2.05) is 12.3 Å². The van der Waals surface area contributed by atoms with Crippen LogP contribution in [0.25, 0.3) is 5.69 Å². The molecule has 1 amide bonds. The SMILES string of the molecule is C=CCN(CC=C)C(=O)CSc1nccn1-c1ccccc1C(C)C. The number of carbonyl (C=O) groups is 1. The van der Waals surface area contributed by atoms with Crippen molar-refractivity contribution in [2.75, 3.05) is 18.8 Å². The standard InChI is InChI=1S/C20H25N3OS/c1-5-12-22(13-6-2)19(24)15-25-20-21-11-14-23(20)18-10-8-7-9-17(18)16(3)4/h5-11,14,16H,1-2,12-13,15H2,3-4H3. The minimum absolute atomic E-state index is 0.0523. The van der Waals surface area contributed by atoms with Crippen molar-refractivity contribution in [3.05, 3.63) is 67.5 Å². The summed E-state index contributed by atoms with van der Waals surface area (Å²) in [5, 5.41) is 0.818. The average Bonchev–Trinajstić information content (AvgIpc) is 3.07. The Balaban J connectivity index is 2.16. The summed E-state index contributed by atoms with van der Waals surface area (Å²) < 4.78 is 2.05. The Bertz CT molecular complexity index is 726. The van der Waals surface area contributed by atoms with Crippen molar-refractivity contribution >= 4 is 17.7 Å². The number of hydrogen-bond acceptors (Lipinski definition) is 3. The summed E-state index contributed by atoms with van der Waals surface area (Å²) in [6.07, 6.45) is 7.17. The molecule has 1 aromatic carbocycles. The quantitative estimate of drug-likeness (QED) is 0.497. The van der Waals surface area contributed by atoms with Gasteiger partial charge in [-0.1, -0.05) is 56.0 Å². The second-order valence-electron chi connectivity index (χ2n) is 5.96. The molecule has 25 heavy (non-hydrogen) atoms. The molecule has 132 valence electrons. The Morgan fingerprint density at radius 3 is 2.60 bits per heavy atom. The minimum atomic E-state index is 0.0523. The third-order valence-corrected chi connectivity index (χ3v) is 4.75. The van der Waals surface area contributed by atoms with Crippen LogP contribution in [0, 0.1) is 0 Å². The summed E-state index contributed by atoms with van der Waals surface area (Å²) in [5.74, 6) is 0.799. The minimum Gasteiger partial charge on any atom is -0.335 e. The van der Waals surface area contributed by atoms with Crippen LogP contribution in [-0.2, 0) is 4.79 Å². The molecule has 0 unspecified atom stereocenters. The van der Waals surface area contributed by atoms with E-state index in [9.17, 15) is 4.79 Å². The fraction of sp³-hybridized carbons (Fsp3) is 0.300. The smallest absolute Gasteiger partial charge is 0.233 e. The average molecular weight is 356 g/mol. The van der Waals surface area contributed by atoms with Crippen LogP contribution in [0.2, 0.25) is 0 Å². The van der Waals surface area contributed by atoms with Gasteiger partial charge < -0.3 is 4.90 Å². The maximum atomic E-state index is 12.4. The highest BCUT2D eigenvalue weighted by Crippen LogP contribution is 2.27. The second-order valence-corrected chi connectivity index (χ2v) is 6.90. The summed E-state index contributed by atoms with van der Waals surface area (Å²) >= 11 is 1.45. The van der Waals surface area contributed by atoms with E-state index >= 15 is 0 Å². The molecule has 0 aliphatic heterocycles. The predicted octanol–water partition coefficient (Wildman–Crippen LogP) is 4.29. The van der Waals surface area contributed by atoms with E-state index in [-0.39, 0.29) is 5.91 Å². The first-order chi connectivity index (χ1) is 12.1. The number of benzene rings is 1. The van der Waals surface area contributed by atoms with E-state index in [1.54, 1.807) is 23.2 Å². The lowest BCUT2D eigenvalue weighted by atomic mass is 10.0. The van der Waals surface area contributed by atoms with Gasteiger partial charge in [-0.15, -0.1) is 13.2 Å². The number of imidazole rings is 1. The van der Waals surface area contributed by atoms with Crippen molar-refractivity contribution in [3.63, 3.8) is 0 Å². The monoisotopic (exact) mass is 355 g/mol.